The standard InChI is InChI=1S/C19H15N5O2/c20-18-5-4-12(6-22-18)15-9-24-16(7-23-19(24)8-21-15)13-2-1-3-17-14(13)10-25-11-26-17/h1-9H,10-11H2,(H2,20,22). The van der Waals surface area contributed by atoms with Gasteiger partial charge in [0.15, 0.2) is 12.4 Å². The maximum atomic E-state index is 5.67. The first-order valence-corrected chi connectivity index (χ1v) is 8.17. The fraction of sp³-hybridized carbons (Fsp3) is 0.105. The summed E-state index contributed by atoms with van der Waals surface area (Å²) < 4.78 is 13.1. The molecular formula is C19H15N5O2. The minimum absolute atomic E-state index is 0.280. The molecule has 0 unspecified atom stereocenters. The molecule has 0 radical (unpaired) electrons. The molecule has 3 aromatic heterocycles. The minimum Gasteiger partial charge on any atom is -0.467 e. The number of benzene rings is 1. The maximum absolute atomic E-state index is 5.67. The van der Waals surface area contributed by atoms with Gasteiger partial charge in [-0.1, -0.05) is 12.1 Å². The molecule has 0 saturated carbocycles. The van der Waals surface area contributed by atoms with Gasteiger partial charge in [-0.15, -0.1) is 0 Å². The van der Waals surface area contributed by atoms with Gasteiger partial charge < -0.3 is 15.2 Å². The van der Waals surface area contributed by atoms with Gasteiger partial charge in [-0.25, -0.2) is 9.97 Å². The van der Waals surface area contributed by atoms with Crippen LogP contribution in [0.1, 0.15) is 5.56 Å². The number of hydrogen-bond donors (Lipinski definition) is 1. The third-order valence-electron chi connectivity index (χ3n) is 4.43. The van der Waals surface area contributed by atoms with Gasteiger partial charge in [0.05, 0.1) is 30.4 Å². The van der Waals surface area contributed by atoms with E-state index in [0.717, 1.165) is 39.5 Å². The highest BCUT2D eigenvalue weighted by atomic mass is 16.7. The van der Waals surface area contributed by atoms with Crippen LogP contribution in [0, 0.1) is 0 Å². The second-order valence-electron chi connectivity index (χ2n) is 6.01. The van der Waals surface area contributed by atoms with Crippen molar-refractivity contribution in [1.29, 1.82) is 0 Å². The topological polar surface area (TPSA) is 87.6 Å². The Balaban J connectivity index is 1.68. The molecule has 1 aliphatic rings. The highest BCUT2D eigenvalue weighted by molar-refractivity contribution is 5.71. The fourth-order valence-corrected chi connectivity index (χ4v) is 3.13. The molecule has 4 aromatic rings. The summed E-state index contributed by atoms with van der Waals surface area (Å²) >= 11 is 0. The Morgan fingerprint density at radius 3 is 2.85 bits per heavy atom. The van der Waals surface area contributed by atoms with Crippen molar-refractivity contribution in [3.05, 3.63) is 60.7 Å². The van der Waals surface area contributed by atoms with E-state index in [4.69, 9.17) is 15.2 Å². The molecule has 128 valence electrons. The predicted molar refractivity (Wildman–Crippen MR) is 96.4 cm³/mol. The third kappa shape index (κ3) is 2.37. The quantitative estimate of drug-likeness (QED) is 0.601. The number of nitrogens with two attached hydrogens (primary N) is 1. The SMILES string of the molecule is Nc1ccc(-c2cn3c(-c4cccc5c4COCO5)cnc3cn2)cn1. The molecule has 7 heteroatoms. The van der Waals surface area contributed by atoms with Crippen molar-refractivity contribution in [2.24, 2.45) is 0 Å². The zero-order valence-corrected chi connectivity index (χ0v) is 13.8. The van der Waals surface area contributed by atoms with Gasteiger partial charge in [-0.3, -0.25) is 9.38 Å². The molecule has 7 nitrogen and oxygen atoms in total. The largest absolute Gasteiger partial charge is 0.467 e. The van der Waals surface area contributed by atoms with Gasteiger partial charge in [0.25, 0.3) is 0 Å². The second kappa shape index (κ2) is 5.82. The monoisotopic (exact) mass is 345 g/mol. The van der Waals surface area contributed by atoms with Gasteiger partial charge in [-0.2, -0.15) is 0 Å². The van der Waals surface area contributed by atoms with Crippen LogP contribution in [0.15, 0.2) is 55.1 Å². The highest BCUT2D eigenvalue weighted by Gasteiger charge is 2.18. The van der Waals surface area contributed by atoms with E-state index in [1.54, 1.807) is 18.5 Å². The fourth-order valence-electron chi connectivity index (χ4n) is 3.13. The molecule has 0 aliphatic carbocycles. The minimum atomic E-state index is 0.280. The molecule has 0 atom stereocenters. The summed E-state index contributed by atoms with van der Waals surface area (Å²) in [7, 11) is 0. The molecule has 5 rings (SSSR count). The average molecular weight is 345 g/mol. The summed E-state index contributed by atoms with van der Waals surface area (Å²) in [4.78, 5) is 13.1. The Bertz CT molecular complexity index is 1100. The smallest absolute Gasteiger partial charge is 0.189 e. The van der Waals surface area contributed by atoms with Crippen LogP contribution in [0.4, 0.5) is 5.82 Å². The number of pyridine rings is 1. The summed E-state index contributed by atoms with van der Waals surface area (Å²) in [6, 6.07) is 9.64. The molecule has 0 saturated heterocycles. The Morgan fingerprint density at radius 1 is 1.00 bits per heavy atom. The van der Waals surface area contributed by atoms with Crippen LogP contribution < -0.4 is 10.5 Å². The summed E-state index contributed by atoms with van der Waals surface area (Å²) in [5.41, 5.74) is 11.1. The van der Waals surface area contributed by atoms with Gasteiger partial charge >= 0.3 is 0 Å². The molecule has 1 aliphatic heterocycles. The summed E-state index contributed by atoms with van der Waals surface area (Å²) in [5.74, 6) is 1.33. The van der Waals surface area contributed by atoms with Crippen LogP contribution in [0.3, 0.4) is 0 Å². The van der Waals surface area contributed by atoms with Crippen molar-refractivity contribution >= 4 is 11.5 Å². The molecule has 1 aromatic carbocycles. The van der Waals surface area contributed by atoms with E-state index in [2.05, 4.69) is 15.0 Å². The lowest BCUT2D eigenvalue weighted by Crippen LogP contribution is -2.12. The number of anilines is 1. The van der Waals surface area contributed by atoms with Crippen LogP contribution in [-0.4, -0.2) is 26.1 Å². The summed E-state index contributed by atoms with van der Waals surface area (Å²) in [6.45, 7) is 0.792. The van der Waals surface area contributed by atoms with Crippen molar-refractivity contribution in [1.82, 2.24) is 19.4 Å². The number of fused-ring (bicyclic) bond motifs is 2. The summed E-state index contributed by atoms with van der Waals surface area (Å²) in [6.07, 6.45) is 7.25. The first-order chi connectivity index (χ1) is 12.8. The van der Waals surface area contributed by atoms with Gasteiger partial charge in [0, 0.05) is 29.1 Å². The van der Waals surface area contributed by atoms with Crippen LogP contribution in [0.25, 0.3) is 28.2 Å². The predicted octanol–water partition coefficient (Wildman–Crippen LogP) is 2.91. The number of nitrogen functional groups attached to an aromatic ring is 1. The highest BCUT2D eigenvalue weighted by Crippen LogP contribution is 2.34. The molecular weight excluding hydrogens is 330 g/mol. The van der Waals surface area contributed by atoms with Gasteiger partial charge in [0.1, 0.15) is 11.6 Å². The first-order valence-electron chi connectivity index (χ1n) is 8.17. The molecule has 26 heavy (non-hydrogen) atoms. The van der Waals surface area contributed by atoms with E-state index in [0.29, 0.717) is 12.4 Å². The number of nitrogens with zero attached hydrogens (tertiary/aromatic N) is 4. The molecule has 0 fully saturated rings. The molecule has 0 spiro atoms. The Hall–Kier alpha value is -3.45. The van der Waals surface area contributed by atoms with E-state index in [-0.39, 0.29) is 6.79 Å². The van der Waals surface area contributed by atoms with Crippen LogP contribution >= 0.6 is 0 Å². The number of rotatable bonds is 2. The van der Waals surface area contributed by atoms with Gasteiger partial charge in [-0.05, 0) is 18.2 Å². The Morgan fingerprint density at radius 2 is 1.96 bits per heavy atom. The second-order valence-corrected chi connectivity index (χ2v) is 6.01. The van der Waals surface area contributed by atoms with Crippen molar-refractivity contribution in [2.75, 3.05) is 12.5 Å². The van der Waals surface area contributed by atoms with E-state index >= 15 is 0 Å². The van der Waals surface area contributed by atoms with Crippen molar-refractivity contribution in [2.45, 2.75) is 6.61 Å². The molecule has 4 heterocycles. The molecule has 0 amide bonds. The van der Waals surface area contributed by atoms with Crippen LogP contribution in [-0.2, 0) is 11.3 Å². The normalized spacial score (nSPS) is 13.4. The number of ether oxygens (including phenoxy) is 2. The number of imidazole rings is 1. The van der Waals surface area contributed by atoms with Crippen molar-refractivity contribution in [3.8, 4) is 28.3 Å². The van der Waals surface area contributed by atoms with E-state index in [1.807, 2.05) is 41.1 Å². The molecule has 2 N–H and O–H groups in total. The van der Waals surface area contributed by atoms with E-state index in [1.165, 1.54) is 0 Å². The number of aromatic nitrogens is 4. The number of hydrogen-bond acceptors (Lipinski definition) is 6. The molecule has 0 bridgehead atoms. The third-order valence-corrected chi connectivity index (χ3v) is 4.43. The van der Waals surface area contributed by atoms with E-state index < -0.39 is 0 Å². The lowest BCUT2D eigenvalue weighted by Gasteiger charge is -2.20. The Kier molecular flexibility index (Phi) is 3.32. The maximum Gasteiger partial charge on any atom is 0.189 e. The first kappa shape index (κ1) is 14.9. The zero-order chi connectivity index (χ0) is 17.5. The average Bonchev–Trinajstić information content (AvgIpc) is 3.11. The summed E-state index contributed by atoms with van der Waals surface area (Å²) in [5, 5.41) is 0. The lowest BCUT2D eigenvalue weighted by molar-refractivity contribution is -0.0160. The van der Waals surface area contributed by atoms with Gasteiger partial charge in [0.2, 0.25) is 0 Å². The van der Waals surface area contributed by atoms with Crippen molar-refractivity contribution in [3.63, 3.8) is 0 Å². The van der Waals surface area contributed by atoms with E-state index in [9.17, 15) is 0 Å². The zero-order valence-electron chi connectivity index (χ0n) is 13.8. The van der Waals surface area contributed by atoms with Crippen molar-refractivity contribution < 1.29 is 9.47 Å². The Labute approximate surface area is 149 Å². The van der Waals surface area contributed by atoms with Crippen LogP contribution in [0.2, 0.25) is 0 Å². The lowest BCUT2D eigenvalue weighted by atomic mass is 10.0. The van der Waals surface area contributed by atoms with Crippen LogP contribution in [0.5, 0.6) is 5.75 Å².